The lowest BCUT2D eigenvalue weighted by Crippen LogP contribution is -2.40. The fraction of sp³-hybridized carbons (Fsp3) is 0.375. The highest BCUT2D eigenvalue weighted by Gasteiger charge is 2.27. The fourth-order valence-electron chi connectivity index (χ4n) is 4.31. The van der Waals surface area contributed by atoms with Crippen LogP contribution in [0.1, 0.15) is 40.1 Å². The molecule has 3 aromatic rings. The van der Waals surface area contributed by atoms with Gasteiger partial charge < -0.3 is 10.4 Å². The molecule has 4 rings (SSSR count). The number of hydrogen-bond donors (Lipinski definition) is 2. The van der Waals surface area contributed by atoms with Gasteiger partial charge in [-0.2, -0.15) is 0 Å². The van der Waals surface area contributed by atoms with Crippen molar-refractivity contribution in [2.24, 2.45) is 0 Å². The van der Waals surface area contributed by atoms with Crippen LogP contribution in [-0.2, 0) is 13.0 Å². The Morgan fingerprint density at radius 1 is 1.17 bits per heavy atom. The maximum atomic E-state index is 14.2. The number of piperidine rings is 1. The Hall–Kier alpha value is -2.28. The SMILES string of the molecule is O=C(NCCO)c1sc2ccccc2c1C[C@@H]1CCCCN1Cc1ccccc1F. The summed E-state index contributed by atoms with van der Waals surface area (Å²) in [6.07, 6.45) is 4.06. The number of rotatable bonds is 7. The van der Waals surface area contributed by atoms with Gasteiger partial charge in [0.1, 0.15) is 5.82 Å². The molecule has 2 heterocycles. The third-order valence-corrected chi connectivity index (χ3v) is 7.03. The van der Waals surface area contributed by atoms with Gasteiger partial charge in [0, 0.05) is 29.4 Å². The van der Waals surface area contributed by atoms with E-state index in [1.54, 1.807) is 6.07 Å². The molecule has 0 spiro atoms. The van der Waals surface area contributed by atoms with E-state index in [1.807, 2.05) is 30.3 Å². The fourth-order valence-corrected chi connectivity index (χ4v) is 5.46. The van der Waals surface area contributed by atoms with Gasteiger partial charge in [0.15, 0.2) is 0 Å². The van der Waals surface area contributed by atoms with Crippen LogP contribution in [0, 0.1) is 5.82 Å². The Labute approximate surface area is 180 Å². The van der Waals surface area contributed by atoms with Crippen LogP contribution in [0.25, 0.3) is 10.1 Å². The zero-order valence-electron chi connectivity index (χ0n) is 16.9. The van der Waals surface area contributed by atoms with E-state index in [4.69, 9.17) is 5.11 Å². The van der Waals surface area contributed by atoms with Crippen LogP contribution in [0.15, 0.2) is 48.5 Å². The minimum atomic E-state index is -0.160. The van der Waals surface area contributed by atoms with E-state index >= 15 is 0 Å². The summed E-state index contributed by atoms with van der Waals surface area (Å²) in [5, 5.41) is 13.0. The van der Waals surface area contributed by atoms with E-state index < -0.39 is 0 Å². The van der Waals surface area contributed by atoms with Gasteiger partial charge in [-0.1, -0.05) is 42.8 Å². The van der Waals surface area contributed by atoms with Crippen LogP contribution in [0.4, 0.5) is 4.39 Å². The molecular formula is C24H27FN2O2S. The second-order valence-corrected chi connectivity index (χ2v) is 8.85. The first-order valence-corrected chi connectivity index (χ1v) is 11.4. The minimum Gasteiger partial charge on any atom is -0.395 e. The zero-order chi connectivity index (χ0) is 20.9. The summed E-state index contributed by atoms with van der Waals surface area (Å²) in [4.78, 5) is 15.9. The number of aliphatic hydroxyl groups is 1. The number of carbonyl (C=O) groups is 1. The summed E-state index contributed by atoms with van der Waals surface area (Å²) in [5.41, 5.74) is 1.79. The molecule has 0 aliphatic carbocycles. The van der Waals surface area contributed by atoms with E-state index in [2.05, 4.69) is 16.3 Å². The third-order valence-electron chi connectivity index (χ3n) is 5.82. The quantitative estimate of drug-likeness (QED) is 0.590. The standard InChI is InChI=1S/C24H27FN2O2S/c25-21-10-3-1-7-17(21)16-27-13-6-5-8-18(27)15-20-19-9-2-4-11-22(19)30-23(20)24(29)26-12-14-28/h1-4,7,9-11,18,28H,5-6,8,12-16H2,(H,26,29)/t18-/m0/s1. The lowest BCUT2D eigenvalue weighted by Gasteiger charge is -2.36. The second-order valence-electron chi connectivity index (χ2n) is 7.80. The molecule has 1 amide bonds. The van der Waals surface area contributed by atoms with E-state index in [0.29, 0.717) is 6.54 Å². The molecule has 1 aliphatic heterocycles. The minimum absolute atomic E-state index is 0.0784. The normalized spacial score (nSPS) is 17.3. The molecule has 0 bridgehead atoms. The Morgan fingerprint density at radius 3 is 2.80 bits per heavy atom. The van der Waals surface area contributed by atoms with Crippen molar-refractivity contribution in [1.29, 1.82) is 0 Å². The van der Waals surface area contributed by atoms with Crippen LogP contribution in [0.3, 0.4) is 0 Å². The van der Waals surface area contributed by atoms with E-state index in [9.17, 15) is 9.18 Å². The smallest absolute Gasteiger partial charge is 0.261 e. The highest BCUT2D eigenvalue weighted by Crippen LogP contribution is 2.34. The van der Waals surface area contributed by atoms with Crippen molar-refractivity contribution >= 4 is 27.3 Å². The van der Waals surface area contributed by atoms with Gasteiger partial charge in [0.25, 0.3) is 5.91 Å². The Bertz CT molecular complexity index is 1020. The first kappa shape index (κ1) is 21.0. The average Bonchev–Trinajstić information content (AvgIpc) is 3.13. The number of likely N-dealkylation sites (tertiary alicyclic amines) is 1. The molecule has 4 nitrogen and oxygen atoms in total. The highest BCUT2D eigenvalue weighted by molar-refractivity contribution is 7.21. The molecule has 158 valence electrons. The predicted octanol–water partition coefficient (Wildman–Crippen LogP) is 4.36. The molecule has 0 radical (unpaired) electrons. The van der Waals surface area contributed by atoms with E-state index in [-0.39, 0.29) is 30.9 Å². The number of nitrogens with one attached hydrogen (secondary N) is 1. The van der Waals surface area contributed by atoms with Crippen LogP contribution < -0.4 is 5.32 Å². The topological polar surface area (TPSA) is 52.6 Å². The second kappa shape index (κ2) is 9.69. The Morgan fingerprint density at radius 2 is 1.97 bits per heavy atom. The summed E-state index contributed by atoms with van der Waals surface area (Å²) < 4.78 is 15.3. The first-order valence-electron chi connectivity index (χ1n) is 10.5. The molecule has 0 saturated carbocycles. The lowest BCUT2D eigenvalue weighted by molar-refractivity contribution is 0.0946. The maximum Gasteiger partial charge on any atom is 0.261 e. The van der Waals surface area contributed by atoms with Gasteiger partial charge in [-0.3, -0.25) is 9.69 Å². The summed E-state index contributed by atoms with van der Waals surface area (Å²) >= 11 is 1.51. The van der Waals surface area contributed by atoms with Crippen molar-refractivity contribution in [2.75, 3.05) is 19.7 Å². The number of carbonyl (C=O) groups excluding carboxylic acids is 1. The number of aliphatic hydroxyl groups excluding tert-OH is 1. The summed E-state index contributed by atoms with van der Waals surface area (Å²) in [6.45, 7) is 1.69. The largest absolute Gasteiger partial charge is 0.395 e. The maximum absolute atomic E-state index is 14.2. The van der Waals surface area contributed by atoms with Crippen LogP contribution in [0.2, 0.25) is 0 Å². The van der Waals surface area contributed by atoms with Gasteiger partial charge in [-0.25, -0.2) is 4.39 Å². The van der Waals surface area contributed by atoms with Gasteiger partial charge in [-0.15, -0.1) is 11.3 Å². The van der Waals surface area contributed by atoms with Crippen LogP contribution in [-0.4, -0.2) is 41.7 Å². The molecule has 0 unspecified atom stereocenters. The number of halogens is 1. The van der Waals surface area contributed by atoms with Gasteiger partial charge in [0.2, 0.25) is 0 Å². The van der Waals surface area contributed by atoms with E-state index in [0.717, 1.165) is 58.3 Å². The number of thiophene rings is 1. The van der Waals surface area contributed by atoms with Crippen molar-refractivity contribution in [3.63, 3.8) is 0 Å². The number of amides is 1. The number of benzene rings is 2. The molecule has 1 fully saturated rings. The van der Waals surface area contributed by atoms with Crippen molar-refractivity contribution < 1.29 is 14.3 Å². The van der Waals surface area contributed by atoms with Crippen molar-refractivity contribution in [2.45, 2.75) is 38.3 Å². The molecule has 6 heteroatoms. The molecule has 1 atom stereocenters. The lowest BCUT2D eigenvalue weighted by atomic mass is 9.93. The van der Waals surface area contributed by atoms with Crippen molar-refractivity contribution in [1.82, 2.24) is 10.2 Å². The highest BCUT2D eigenvalue weighted by atomic mass is 32.1. The monoisotopic (exact) mass is 426 g/mol. The Kier molecular flexibility index (Phi) is 6.77. The van der Waals surface area contributed by atoms with Gasteiger partial charge in [0.05, 0.1) is 11.5 Å². The summed E-state index contributed by atoms with van der Waals surface area (Å²) in [5.74, 6) is -0.288. The molecule has 2 N–H and O–H groups in total. The summed E-state index contributed by atoms with van der Waals surface area (Å²) in [7, 11) is 0. The first-order chi connectivity index (χ1) is 14.7. The van der Waals surface area contributed by atoms with Crippen molar-refractivity contribution in [3.8, 4) is 0 Å². The molecule has 30 heavy (non-hydrogen) atoms. The van der Waals surface area contributed by atoms with Gasteiger partial charge in [-0.05, 0) is 48.9 Å². The van der Waals surface area contributed by atoms with Crippen LogP contribution in [0.5, 0.6) is 0 Å². The Balaban J connectivity index is 1.62. The number of fused-ring (bicyclic) bond motifs is 1. The average molecular weight is 427 g/mol. The summed E-state index contributed by atoms with van der Waals surface area (Å²) in [6, 6.07) is 15.4. The van der Waals surface area contributed by atoms with Crippen LogP contribution >= 0.6 is 11.3 Å². The molecule has 2 aromatic carbocycles. The molecule has 1 aliphatic rings. The molecular weight excluding hydrogens is 399 g/mol. The third kappa shape index (κ3) is 4.56. The molecule has 1 saturated heterocycles. The number of hydrogen-bond acceptors (Lipinski definition) is 4. The zero-order valence-corrected chi connectivity index (χ0v) is 17.8. The number of nitrogens with zero attached hydrogens (tertiary/aromatic N) is 1. The predicted molar refractivity (Wildman–Crippen MR) is 119 cm³/mol. The van der Waals surface area contributed by atoms with E-state index in [1.165, 1.54) is 17.4 Å². The van der Waals surface area contributed by atoms with Crippen molar-refractivity contribution in [3.05, 3.63) is 70.4 Å². The van der Waals surface area contributed by atoms with Gasteiger partial charge >= 0.3 is 0 Å². The molecule has 1 aromatic heterocycles.